The van der Waals surface area contributed by atoms with E-state index in [0.717, 1.165) is 0 Å². The third-order valence-corrected chi connectivity index (χ3v) is 4.40. The molecule has 0 saturated carbocycles. The Hall–Kier alpha value is -3.35. The number of aromatic amines is 1. The average Bonchev–Trinajstić information content (AvgIpc) is 2.96. The molecular weight excluding hydrogens is 346 g/mol. The van der Waals surface area contributed by atoms with Crippen molar-refractivity contribution in [3.05, 3.63) is 91.9 Å². The van der Waals surface area contributed by atoms with E-state index in [-0.39, 0.29) is 17.0 Å². The predicted molar refractivity (Wildman–Crippen MR) is 102 cm³/mol. The van der Waals surface area contributed by atoms with Crippen LogP contribution in [-0.2, 0) is 0 Å². The summed E-state index contributed by atoms with van der Waals surface area (Å²) in [6.07, 6.45) is 0. The maximum absolute atomic E-state index is 13.0. The van der Waals surface area contributed by atoms with Crippen LogP contribution in [0.15, 0.2) is 59.4 Å². The summed E-state index contributed by atoms with van der Waals surface area (Å²) < 4.78 is 6.85. The van der Waals surface area contributed by atoms with Gasteiger partial charge in [-0.2, -0.15) is 0 Å². The highest BCUT2D eigenvalue weighted by molar-refractivity contribution is 5.39. The van der Waals surface area contributed by atoms with Crippen molar-refractivity contribution in [2.75, 3.05) is 13.2 Å². The highest BCUT2D eigenvalue weighted by Crippen LogP contribution is 2.27. The fourth-order valence-corrected chi connectivity index (χ4v) is 3.20. The topological polar surface area (TPSA) is 90.2 Å². The number of hydrogen-bond acceptors (Lipinski definition) is 4. The second kappa shape index (κ2) is 7.90. The van der Waals surface area contributed by atoms with Gasteiger partial charge >= 0.3 is 0 Å². The van der Waals surface area contributed by atoms with Gasteiger partial charge < -0.3 is 4.74 Å². The summed E-state index contributed by atoms with van der Waals surface area (Å²) in [7, 11) is 0. The summed E-state index contributed by atoms with van der Waals surface area (Å²) in [4.78, 5) is 23.9. The standard InChI is InChI=1S/C20H21N3O4/c1-3-27-17-11-9-15(10-12-17)18(13-22(25)26)19-14(2)21-23(20(19)24)16-7-5-4-6-8-16/h4-12,18,21H,3,13H2,1-2H3/t18-/m0/s1. The minimum atomic E-state index is -0.649. The fourth-order valence-electron chi connectivity index (χ4n) is 3.20. The van der Waals surface area contributed by atoms with Gasteiger partial charge in [-0.15, -0.1) is 0 Å². The highest BCUT2D eigenvalue weighted by Gasteiger charge is 2.27. The Morgan fingerprint density at radius 1 is 1.15 bits per heavy atom. The molecule has 0 radical (unpaired) electrons. The molecule has 1 heterocycles. The van der Waals surface area contributed by atoms with Crippen LogP contribution in [0.5, 0.6) is 5.75 Å². The summed E-state index contributed by atoms with van der Waals surface area (Å²) in [5, 5.41) is 14.3. The largest absolute Gasteiger partial charge is 0.494 e. The molecule has 0 spiro atoms. The third-order valence-electron chi connectivity index (χ3n) is 4.40. The molecule has 0 aliphatic rings. The SMILES string of the molecule is CCOc1ccc([C@H](C[N+](=O)[O-])c2c(C)[nH]n(-c3ccccc3)c2=O)cc1. The summed E-state index contributed by atoms with van der Waals surface area (Å²) in [6.45, 7) is 3.82. The van der Waals surface area contributed by atoms with Gasteiger partial charge in [0, 0.05) is 10.6 Å². The van der Waals surface area contributed by atoms with Gasteiger partial charge in [-0.05, 0) is 43.7 Å². The number of hydrogen-bond donors (Lipinski definition) is 1. The van der Waals surface area contributed by atoms with E-state index in [4.69, 9.17) is 4.74 Å². The lowest BCUT2D eigenvalue weighted by Crippen LogP contribution is -2.23. The average molecular weight is 367 g/mol. The molecule has 3 aromatic rings. The van der Waals surface area contributed by atoms with E-state index in [0.29, 0.717) is 34.9 Å². The molecule has 0 aliphatic carbocycles. The first-order valence-corrected chi connectivity index (χ1v) is 8.72. The lowest BCUT2D eigenvalue weighted by molar-refractivity contribution is -0.481. The number of ether oxygens (including phenoxy) is 1. The van der Waals surface area contributed by atoms with Crippen LogP contribution in [0.1, 0.15) is 29.7 Å². The third kappa shape index (κ3) is 3.92. The van der Waals surface area contributed by atoms with Crippen LogP contribution in [-0.4, -0.2) is 27.9 Å². The molecule has 140 valence electrons. The van der Waals surface area contributed by atoms with Gasteiger partial charge in [-0.1, -0.05) is 30.3 Å². The zero-order valence-corrected chi connectivity index (χ0v) is 15.2. The Balaban J connectivity index is 2.07. The second-order valence-corrected chi connectivity index (χ2v) is 6.20. The van der Waals surface area contributed by atoms with Crippen molar-refractivity contribution < 1.29 is 9.66 Å². The Labute approximate surface area is 156 Å². The molecule has 1 aromatic heterocycles. The Bertz CT molecular complexity index is 975. The van der Waals surface area contributed by atoms with Crippen molar-refractivity contribution in [3.63, 3.8) is 0 Å². The summed E-state index contributed by atoms with van der Waals surface area (Å²) in [5.41, 5.74) is 2.13. The number of nitrogens with one attached hydrogen (secondary N) is 1. The molecule has 0 unspecified atom stereocenters. The van der Waals surface area contributed by atoms with Gasteiger partial charge in [0.2, 0.25) is 6.54 Å². The normalized spacial score (nSPS) is 11.9. The van der Waals surface area contributed by atoms with Crippen molar-refractivity contribution in [1.82, 2.24) is 9.78 Å². The molecule has 0 amide bonds. The zero-order chi connectivity index (χ0) is 19.4. The van der Waals surface area contributed by atoms with Crippen LogP contribution in [0.3, 0.4) is 0 Å². The Morgan fingerprint density at radius 2 is 1.81 bits per heavy atom. The van der Waals surface area contributed by atoms with Crippen molar-refractivity contribution in [1.29, 1.82) is 0 Å². The number of H-pyrrole nitrogens is 1. The second-order valence-electron chi connectivity index (χ2n) is 6.20. The van der Waals surface area contributed by atoms with Crippen LogP contribution in [0.2, 0.25) is 0 Å². The first kappa shape index (κ1) is 18.4. The molecule has 0 fully saturated rings. The van der Waals surface area contributed by atoms with Crippen molar-refractivity contribution in [2.24, 2.45) is 0 Å². The van der Waals surface area contributed by atoms with Gasteiger partial charge in [0.05, 0.1) is 23.8 Å². The van der Waals surface area contributed by atoms with Crippen molar-refractivity contribution in [2.45, 2.75) is 19.8 Å². The maximum atomic E-state index is 13.0. The smallest absolute Gasteiger partial charge is 0.275 e. The quantitative estimate of drug-likeness (QED) is 0.512. The molecule has 0 bridgehead atoms. The minimum absolute atomic E-state index is 0.278. The van der Waals surface area contributed by atoms with Gasteiger partial charge in [0.1, 0.15) is 5.75 Å². The molecule has 2 aromatic carbocycles. The molecule has 7 nitrogen and oxygen atoms in total. The number of aromatic nitrogens is 2. The Kier molecular flexibility index (Phi) is 5.40. The van der Waals surface area contributed by atoms with Gasteiger partial charge in [-0.3, -0.25) is 20.0 Å². The van der Waals surface area contributed by atoms with E-state index in [1.165, 1.54) is 4.68 Å². The highest BCUT2D eigenvalue weighted by atomic mass is 16.6. The van der Waals surface area contributed by atoms with Gasteiger partial charge in [0.15, 0.2) is 0 Å². The molecule has 1 N–H and O–H groups in total. The minimum Gasteiger partial charge on any atom is -0.494 e. The van der Waals surface area contributed by atoms with Crippen LogP contribution in [0, 0.1) is 17.0 Å². The van der Waals surface area contributed by atoms with E-state index < -0.39 is 5.92 Å². The zero-order valence-electron chi connectivity index (χ0n) is 15.2. The molecule has 0 saturated heterocycles. The Morgan fingerprint density at radius 3 is 2.41 bits per heavy atom. The van der Waals surface area contributed by atoms with E-state index in [1.807, 2.05) is 25.1 Å². The number of rotatable bonds is 7. The van der Waals surface area contributed by atoms with Crippen LogP contribution < -0.4 is 10.3 Å². The molecular formula is C20H21N3O4. The van der Waals surface area contributed by atoms with E-state index in [1.54, 1.807) is 43.3 Å². The number of nitro groups is 1. The lowest BCUT2D eigenvalue weighted by Gasteiger charge is -2.13. The van der Waals surface area contributed by atoms with Gasteiger partial charge in [-0.25, -0.2) is 4.68 Å². The number of para-hydroxylation sites is 1. The maximum Gasteiger partial charge on any atom is 0.275 e. The molecule has 1 atom stereocenters. The van der Waals surface area contributed by atoms with E-state index >= 15 is 0 Å². The van der Waals surface area contributed by atoms with E-state index in [9.17, 15) is 14.9 Å². The van der Waals surface area contributed by atoms with Crippen molar-refractivity contribution >= 4 is 0 Å². The van der Waals surface area contributed by atoms with Crippen LogP contribution in [0.25, 0.3) is 5.69 Å². The predicted octanol–water partition coefficient (Wildman–Crippen LogP) is 3.28. The number of nitrogens with zero attached hydrogens (tertiary/aromatic N) is 2. The molecule has 0 aliphatic heterocycles. The first-order chi connectivity index (χ1) is 13.0. The first-order valence-electron chi connectivity index (χ1n) is 8.72. The number of benzene rings is 2. The van der Waals surface area contributed by atoms with Gasteiger partial charge in [0.25, 0.3) is 5.56 Å². The number of aryl methyl sites for hydroxylation is 1. The molecule has 7 heteroatoms. The molecule has 3 rings (SSSR count). The summed E-state index contributed by atoms with van der Waals surface area (Å²) >= 11 is 0. The van der Waals surface area contributed by atoms with Crippen LogP contribution in [0.4, 0.5) is 0 Å². The fraction of sp³-hybridized carbons (Fsp3) is 0.250. The monoisotopic (exact) mass is 367 g/mol. The van der Waals surface area contributed by atoms with Crippen LogP contribution >= 0.6 is 0 Å². The van der Waals surface area contributed by atoms with E-state index in [2.05, 4.69) is 5.10 Å². The lowest BCUT2D eigenvalue weighted by atomic mass is 9.91. The van der Waals surface area contributed by atoms with Crippen molar-refractivity contribution in [3.8, 4) is 11.4 Å². The summed E-state index contributed by atoms with van der Waals surface area (Å²) in [6, 6.07) is 16.2. The summed E-state index contributed by atoms with van der Waals surface area (Å²) in [5.74, 6) is 0.0398. The molecule has 27 heavy (non-hydrogen) atoms.